The van der Waals surface area contributed by atoms with E-state index in [1.807, 2.05) is 43.3 Å². The van der Waals surface area contributed by atoms with E-state index in [0.29, 0.717) is 15.7 Å². The Kier molecular flexibility index (Phi) is 4.60. The van der Waals surface area contributed by atoms with E-state index in [1.165, 1.54) is 33.1 Å². The van der Waals surface area contributed by atoms with Gasteiger partial charge in [0, 0.05) is 0 Å². The van der Waals surface area contributed by atoms with Crippen LogP contribution in [0.1, 0.15) is 34.1 Å². The van der Waals surface area contributed by atoms with Gasteiger partial charge in [-0.05, 0) is 36.6 Å². The molecule has 1 N–H and O–H groups in total. The smallest absolute Gasteiger partial charge is 0.296 e. The van der Waals surface area contributed by atoms with Crippen LogP contribution >= 0.6 is 22.7 Å². The predicted octanol–water partition coefficient (Wildman–Crippen LogP) is 5.08. The molecule has 0 spiro atoms. The number of carbonyl (C=O) groups excluding carboxylic acids is 1. The topological polar surface area (TPSA) is 79.2 Å². The SMILES string of the molecule is CCc1ccc([C@H]2C(c3nc4ccccc4s3)=C(O)C(=O)N2c2nnc(C)s2)cc1. The molecule has 5 rings (SSSR count). The second-order valence-corrected chi connectivity index (χ2v) is 9.22. The zero-order valence-corrected chi connectivity index (χ0v) is 18.0. The molecule has 1 aliphatic heterocycles. The zero-order valence-electron chi connectivity index (χ0n) is 16.4. The number of hydrogen-bond acceptors (Lipinski definition) is 7. The van der Waals surface area contributed by atoms with E-state index in [2.05, 4.69) is 29.3 Å². The van der Waals surface area contributed by atoms with Crippen LogP contribution in [-0.2, 0) is 11.2 Å². The van der Waals surface area contributed by atoms with E-state index >= 15 is 0 Å². The highest BCUT2D eigenvalue weighted by Gasteiger charge is 2.44. The Labute approximate surface area is 181 Å². The second kappa shape index (κ2) is 7.30. The van der Waals surface area contributed by atoms with E-state index < -0.39 is 11.9 Å². The van der Waals surface area contributed by atoms with Crippen LogP contribution in [0.3, 0.4) is 0 Å². The van der Waals surface area contributed by atoms with Crippen molar-refractivity contribution in [2.75, 3.05) is 4.90 Å². The first-order valence-electron chi connectivity index (χ1n) is 9.58. The van der Waals surface area contributed by atoms with E-state index in [-0.39, 0.29) is 5.76 Å². The number of para-hydroxylation sites is 1. The summed E-state index contributed by atoms with van der Waals surface area (Å²) in [6.07, 6.45) is 0.926. The van der Waals surface area contributed by atoms with Gasteiger partial charge in [0.05, 0.1) is 21.8 Å². The summed E-state index contributed by atoms with van der Waals surface area (Å²) in [7, 11) is 0. The van der Waals surface area contributed by atoms with Gasteiger partial charge >= 0.3 is 0 Å². The van der Waals surface area contributed by atoms with Gasteiger partial charge in [-0.1, -0.05) is 54.7 Å². The molecule has 4 aromatic rings. The van der Waals surface area contributed by atoms with Crippen molar-refractivity contribution in [3.63, 3.8) is 0 Å². The van der Waals surface area contributed by atoms with Gasteiger partial charge in [-0.15, -0.1) is 21.5 Å². The lowest BCUT2D eigenvalue weighted by Crippen LogP contribution is -2.30. The van der Waals surface area contributed by atoms with Crippen molar-refractivity contribution >= 4 is 49.5 Å². The summed E-state index contributed by atoms with van der Waals surface area (Å²) in [5, 5.41) is 21.0. The Morgan fingerprint density at radius 3 is 2.50 bits per heavy atom. The van der Waals surface area contributed by atoms with Gasteiger partial charge in [-0.2, -0.15) is 0 Å². The maximum atomic E-state index is 13.2. The number of nitrogens with zero attached hydrogens (tertiary/aromatic N) is 4. The molecule has 8 heteroatoms. The molecular weight excluding hydrogens is 416 g/mol. The highest BCUT2D eigenvalue weighted by atomic mass is 32.1. The van der Waals surface area contributed by atoms with Crippen LogP contribution in [0.2, 0.25) is 0 Å². The largest absolute Gasteiger partial charge is 0.503 e. The number of aromatic nitrogens is 3. The van der Waals surface area contributed by atoms with Crippen molar-refractivity contribution in [3.8, 4) is 0 Å². The summed E-state index contributed by atoms with van der Waals surface area (Å²) in [4.78, 5) is 19.4. The Morgan fingerprint density at radius 1 is 1.07 bits per heavy atom. The number of aliphatic hydroxyl groups is 1. The quantitative estimate of drug-likeness (QED) is 0.485. The normalized spacial score (nSPS) is 16.8. The van der Waals surface area contributed by atoms with Crippen LogP contribution < -0.4 is 4.90 Å². The van der Waals surface area contributed by atoms with Crippen LogP contribution in [0.5, 0.6) is 0 Å². The monoisotopic (exact) mass is 434 g/mol. The highest BCUT2D eigenvalue weighted by molar-refractivity contribution is 7.19. The highest BCUT2D eigenvalue weighted by Crippen LogP contribution is 2.47. The first-order chi connectivity index (χ1) is 14.6. The Balaban J connectivity index is 1.70. The molecule has 1 atom stereocenters. The number of aliphatic hydroxyl groups excluding tert-OH is 1. The van der Waals surface area contributed by atoms with Gasteiger partial charge in [-0.25, -0.2) is 4.98 Å². The van der Waals surface area contributed by atoms with Crippen molar-refractivity contribution in [3.05, 3.63) is 75.4 Å². The first kappa shape index (κ1) is 18.9. The fraction of sp³-hybridized carbons (Fsp3) is 0.182. The molecule has 1 amide bonds. The van der Waals surface area contributed by atoms with Gasteiger partial charge < -0.3 is 5.11 Å². The van der Waals surface area contributed by atoms with Crippen LogP contribution in [0.15, 0.2) is 54.3 Å². The minimum atomic E-state index is -0.517. The molecule has 0 saturated carbocycles. The molecule has 0 saturated heterocycles. The molecular formula is C22H18N4O2S2. The average Bonchev–Trinajstić information content (AvgIpc) is 3.44. The fourth-order valence-corrected chi connectivity index (χ4v) is 5.39. The van der Waals surface area contributed by atoms with Crippen LogP contribution in [0, 0.1) is 6.92 Å². The molecule has 3 heterocycles. The third-order valence-corrected chi connectivity index (χ3v) is 7.07. The fourth-order valence-electron chi connectivity index (χ4n) is 3.64. The molecule has 2 aromatic heterocycles. The molecule has 0 bridgehead atoms. The summed E-state index contributed by atoms with van der Waals surface area (Å²) in [5.74, 6) is -0.767. The molecule has 30 heavy (non-hydrogen) atoms. The molecule has 0 radical (unpaired) electrons. The van der Waals surface area contributed by atoms with Crippen molar-refractivity contribution in [2.45, 2.75) is 26.3 Å². The lowest BCUT2D eigenvalue weighted by Gasteiger charge is -2.24. The molecule has 2 aromatic carbocycles. The maximum absolute atomic E-state index is 13.2. The summed E-state index contributed by atoms with van der Waals surface area (Å²) in [6, 6.07) is 15.4. The average molecular weight is 435 g/mol. The van der Waals surface area contributed by atoms with E-state index in [9.17, 15) is 9.90 Å². The van der Waals surface area contributed by atoms with Crippen LogP contribution in [0.25, 0.3) is 15.8 Å². The van der Waals surface area contributed by atoms with Crippen molar-refractivity contribution < 1.29 is 9.90 Å². The number of carbonyl (C=O) groups is 1. The van der Waals surface area contributed by atoms with Gasteiger partial charge in [0.2, 0.25) is 5.13 Å². The summed E-state index contributed by atoms with van der Waals surface area (Å²) < 4.78 is 1.01. The number of benzene rings is 2. The predicted molar refractivity (Wildman–Crippen MR) is 120 cm³/mol. The Morgan fingerprint density at radius 2 is 1.83 bits per heavy atom. The maximum Gasteiger partial charge on any atom is 0.296 e. The van der Waals surface area contributed by atoms with Gasteiger partial charge in [0.1, 0.15) is 10.0 Å². The van der Waals surface area contributed by atoms with Crippen LogP contribution in [-0.4, -0.2) is 26.2 Å². The van der Waals surface area contributed by atoms with Crippen LogP contribution in [0.4, 0.5) is 5.13 Å². The number of thiazole rings is 1. The number of hydrogen-bond donors (Lipinski definition) is 1. The summed E-state index contributed by atoms with van der Waals surface area (Å²) in [5.41, 5.74) is 3.46. The van der Waals surface area contributed by atoms with Crippen molar-refractivity contribution in [1.82, 2.24) is 15.2 Å². The third kappa shape index (κ3) is 3.00. The van der Waals surface area contributed by atoms with Crippen molar-refractivity contribution in [2.24, 2.45) is 0 Å². The van der Waals surface area contributed by atoms with Gasteiger partial charge in [0.15, 0.2) is 5.76 Å². The number of anilines is 1. The molecule has 150 valence electrons. The molecule has 6 nitrogen and oxygen atoms in total. The van der Waals surface area contributed by atoms with E-state index in [0.717, 1.165) is 27.2 Å². The summed E-state index contributed by atoms with van der Waals surface area (Å²) in [6.45, 7) is 3.94. The number of amides is 1. The van der Waals surface area contributed by atoms with Gasteiger partial charge in [0.25, 0.3) is 5.91 Å². The Bertz CT molecular complexity index is 1260. The van der Waals surface area contributed by atoms with Crippen molar-refractivity contribution in [1.29, 1.82) is 0 Å². The minimum absolute atomic E-state index is 0.286. The van der Waals surface area contributed by atoms with E-state index in [1.54, 1.807) is 0 Å². The molecule has 0 unspecified atom stereocenters. The number of rotatable bonds is 4. The minimum Gasteiger partial charge on any atom is -0.503 e. The first-order valence-corrected chi connectivity index (χ1v) is 11.2. The zero-order chi connectivity index (χ0) is 20.8. The molecule has 0 aliphatic carbocycles. The number of fused-ring (bicyclic) bond motifs is 1. The Hall–Kier alpha value is -3.10. The standard InChI is InChI=1S/C22H18N4O2S2/c1-3-13-8-10-14(11-9-13)18-17(20-23-15-6-4-5-7-16(15)30-20)19(27)21(28)26(18)22-25-24-12(2)29-22/h4-11,18,27H,3H2,1-2H3/t18-/m0/s1. The molecule has 1 aliphatic rings. The molecule has 0 fully saturated rings. The lowest BCUT2D eigenvalue weighted by atomic mass is 9.98. The second-order valence-electron chi connectivity index (χ2n) is 7.03. The van der Waals surface area contributed by atoms with Gasteiger partial charge in [-0.3, -0.25) is 9.69 Å². The lowest BCUT2D eigenvalue weighted by molar-refractivity contribution is -0.117. The van der Waals surface area contributed by atoms with E-state index in [4.69, 9.17) is 4.98 Å². The number of aryl methyl sites for hydroxylation is 2. The summed E-state index contributed by atoms with van der Waals surface area (Å²) >= 11 is 2.80. The third-order valence-electron chi connectivity index (χ3n) is 5.16.